The van der Waals surface area contributed by atoms with E-state index in [-0.39, 0.29) is 11.8 Å². The van der Waals surface area contributed by atoms with Crippen molar-refractivity contribution in [2.45, 2.75) is 26.2 Å². The van der Waals surface area contributed by atoms with Crippen LogP contribution >= 0.6 is 11.6 Å². The minimum atomic E-state index is 0.127. The number of piperazine rings is 1. The number of nitrogens with zero attached hydrogens (tertiary/aromatic N) is 4. The number of carbonyl (C=O) groups excluding carboxylic acids is 1. The van der Waals surface area contributed by atoms with Gasteiger partial charge in [-0.15, -0.1) is 0 Å². The molecule has 0 spiro atoms. The summed E-state index contributed by atoms with van der Waals surface area (Å²) in [5, 5.41) is 3.80. The van der Waals surface area contributed by atoms with E-state index in [1.165, 1.54) is 13.1 Å². The van der Waals surface area contributed by atoms with Gasteiger partial charge in [0.2, 0.25) is 5.91 Å². The number of nitrogens with one attached hydrogen (secondary N) is 1. The minimum absolute atomic E-state index is 0.127. The Kier molecular flexibility index (Phi) is 7.73. The van der Waals surface area contributed by atoms with E-state index in [9.17, 15) is 4.79 Å². The van der Waals surface area contributed by atoms with Crippen LogP contribution in [0.5, 0.6) is 0 Å². The number of rotatable bonds is 7. The van der Waals surface area contributed by atoms with E-state index in [1.54, 1.807) is 6.20 Å². The molecule has 0 aromatic carbocycles. The predicted octanol–water partition coefficient (Wildman–Crippen LogP) is 2.10. The van der Waals surface area contributed by atoms with E-state index >= 15 is 0 Å². The quantitative estimate of drug-likeness (QED) is 0.719. The monoisotopic (exact) mass is 393 g/mol. The van der Waals surface area contributed by atoms with Crippen LogP contribution in [0.1, 0.15) is 26.2 Å². The first-order chi connectivity index (χ1) is 13.2. The van der Waals surface area contributed by atoms with Crippen LogP contribution in [-0.2, 0) is 4.79 Å². The molecule has 3 rings (SSSR count). The molecule has 150 valence electrons. The van der Waals surface area contributed by atoms with Crippen molar-refractivity contribution in [2.75, 3.05) is 63.8 Å². The van der Waals surface area contributed by atoms with Gasteiger partial charge in [-0.25, -0.2) is 4.98 Å². The molecule has 0 saturated carbocycles. The number of halogens is 1. The highest BCUT2D eigenvalue weighted by molar-refractivity contribution is 6.30. The second-order valence-corrected chi connectivity index (χ2v) is 7.95. The number of anilines is 1. The molecule has 0 unspecified atom stereocenters. The number of likely N-dealkylation sites (N-methyl/N-ethyl adjacent to an activating group) is 1. The lowest BCUT2D eigenvalue weighted by Crippen LogP contribution is -2.46. The highest BCUT2D eigenvalue weighted by Gasteiger charge is 2.25. The zero-order chi connectivity index (χ0) is 19.1. The van der Waals surface area contributed by atoms with Crippen LogP contribution in [0, 0.1) is 5.92 Å². The summed E-state index contributed by atoms with van der Waals surface area (Å²) in [6.45, 7) is 11.6. The lowest BCUT2D eigenvalue weighted by Gasteiger charge is -2.34. The van der Waals surface area contributed by atoms with Crippen molar-refractivity contribution in [1.29, 1.82) is 0 Å². The Morgan fingerprint density at radius 3 is 2.48 bits per heavy atom. The molecule has 1 aromatic rings. The van der Waals surface area contributed by atoms with Gasteiger partial charge in [0.25, 0.3) is 0 Å². The van der Waals surface area contributed by atoms with Crippen molar-refractivity contribution in [3.05, 3.63) is 23.4 Å². The van der Waals surface area contributed by atoms with Gasteiger partial charge in [0, 0.05) is 57.9 Å². The second kappa shape index (κ2) is 10.2. The molecule has 1 aromatic heterocycles. The molecule has 0 radical (unpaired) electrons. The number of pyridine rings is 1. The molecule has 0 atom stereocenters. The lowest BCUT2D eigenvalue weighted by atomic mass is 9.96. The average Bonchev–Trinajstić information content (AvgIpc) is 2.72. The highest BCUT2D eigenvalue weighted by atomic mass is 35.5. The molecule has 2 aliphatic heterocycles. The topological polar surface area (TPSA) is 51.7 Å². The van der Waals surface area contributed by atoms with Gasteiger partial charge in [-0.3, -0.25) is 4.79 Å². The van der Waals surface area contributed by atoms with Crippen LogP contribution < -0.4 is 10.2 Å². The molecule has 6 nitrogen and oxygen atoms in total. The maximum absolute atomic E-state index is 12.4. The van der Waals surface area contributed by atoms with Crippen molar-refractivity contribution in [1.82, 2.24) is 20.1 Å². The molecule has 0 aliphatic carbocycles. The van der Waals surface area contributed by atoms with Crippen molar-refractivity contribution < 1.29 is 4.79 Å². The summed E-state index contributed by atoms with van der Waals surface area (Å²) >= 11 is 5.90. The van der Waals surface area contributed by atoms with Crippen molar-refractivity contribution >= 4 is 23.3 Å². The molecule has 1 amide bonds. The van der Waals surface area contributed by atoms with E-state index in [0.717, 1.165) is 70.9 Å². The first kappa shape index (κ1) is 20.4. The van der Waals surface area contributed by atoms with Gasteiger partial charge in [-0.2, -0.15) is 0 Å². The third kappa shape index (κ3) is 6.06. The lowest BCUT2D eigenvalue weighted by molar-refractivity contribution is -0.125. The summed E-state index contributed by atoms with van der Waals surface area (Å²) in [5.74, 6) is 1.29. The summed E-state index contributed by atoms with van der Waals surface area (Å²) in [7, 11) is 0. The first-order valence-corrected chi connectivity index (χ1v) is 10.6. The second-order valence-electron chi connectivity index (χ2n) is 7.52. The highest BCUT2D eigenvalue weighted by Crippen LogP contribution is 2.22. The first-order valence-electron chi connectivity index (χ1n) is 10.2. The molecule has 2 saturated heterocycles. The van der Waals surface area contributed by atoms with E-state index in [0.29, 0.717) is 5.02 Å². The van der Waals surface area contributed by atoms with Gasteiger partial charge in [0.1, 0.15) is 5.82 Å². The standard InChI is InChI=1S/C20H32ClN5O/c1-2-24-12-14-25(15-13-24)9-3-8-22-20(27)17-6-10-26(11-7-17)19-5-4-18(21)16-23-19/h4-5,16-17H,2-3,6-15H2,1H3,(H,22,27). The van der Waals surface area contributed by atoms with Gasteiger partial charge >= 0.3 is 0 Å². The maximum Gasteiger partial charge on any atom is 0.223 e. The number of piperidine rings is 1. The minimum Gasteiger partial charge on any atom is -0.357 e. The fraction of sp³-hybridized carbons (Fsp3) is 0.700. The van der Waals surface area contributed by atoms with E-state index in [2.05, 4.69) is 31.9 Å². The van der Waals surface area contributed by atoms with Crippen LogP contribution in [0.15, 0.2) is 18.3 Å². The number of hydrogen-bond donors (Lipinski definition) is 1. The maximum atomic E-state index is 12.4. The molecule has 1 N–H and O–H groups in total. The van der Waals surface area contributed by atoms with Gasteiger partial charge in [-0.05, 0) is 44.5 Å². The van der Waals surface area contributed by atoms with Gasteiger partial charge in [0.15, 0.2) is 0 Å². The normalized spacial score (nSPS) is 20.0. The molecular formula is C20H32ClN5O. The molecule has 3 heterocycles. The third-order valence-corrected chi connectivity index (χ3v) is 5.99. The molecule has 27 heavy (non-hydrogen) atoms. The van der Waals surface area contributed by atoms with Crippen LogP contribution in [0.25, 0.3) is 0 Å². The van der Waals surface area contributed by atoms with Gasteiger partial charge < -0.3 is 20.0 Å². The number of hydrogen-bond acceptors (Lipinski definition) is 5. The third-order valence-electron chi connectivity index (χ3n) is 5.76. The molecular weight excluding hydrogens is 362 g/mol. The Morgan fingerprint density at radius 1 is 1.15 bits per heavy atom. The molecule has 2 fully saturated rings. The Morgan fingerprint density at radius 2 is 1.85 bits per heavy atom. The average molecular weight is 394 g/mol. The van der Waals surface area contributed by atoms with E-state index in [1.807, 2.05) is 12.1 Å². The summed E-state index contributed by atoms with van der Waals surface area (Å²) in [4.78, 5) is 24.0. The molecule has 7 heteroatoms. The largest absolute Gasteiger partial charge is 0.357 e. The fourth-order valence-corrected chi connectivity index (χ4v) is 4.03. The summed E-state index contributed by atoms with van der Waals surface area (Å²) in [5.41, 5.74) is 0. The summed E-state index contributed by atoms with van der Waals surface area (Å²) < 4.78 is 0. The predicted molar refractivity (Wildman–Crippen MR) is 110 cm³/mol. The summed E-state index contributed by atoms with van der Waals surface area (Å²) in [6.07, 6.45) is 4.48. The number of aromatic nitrogens is 1. The fourth-order valence-electron chi connectivity index (χ4n) is 3.91. The van der Waals surface area contributed by atoms with Crippen LogP contribution in [-0.4, -0.2) is 79.6 Å². The van der Waals surface area contributed by atoms with Gasteiger partial charge in [0.05, 0.1) is 5.02 Å². The van der Waals surface area contributed by atoms with E-state index in [4.69, 9.17) is 11.6 Å². The van der Waals surface area contributed by atoms with Crippen LogP contribution in [0.2, 0.25) is 5.02 Å². The smallest absolute Gasteiger partial charge is 0.223 e. The van der Waals surface area contributed by atoms with Gasteiger partial charge in [-0.1, -0.05) is 18.5 Å². The van der Waals surface area contributed by atoms with Crippen molar-refractivity contribution in [3.63, 3.8) is 0 Å². The zero-order valence-corrected chi connectivity index (χ0v) is 17.1. The van der Waals surface area contributed by atoms with Crippen molar-refractivity contribution in [3.8, 4) is 0 Å². The molecule has 0 bridgehead atoms. The number of carbonyl (C=O) groups is 1. The SMILES string of the molecule is CCN1CCN(CCCNC(=O)C2CCN(c3ccc(Cl)cn3)CC2)CC1. The zero-order valence-electron chi connectivity index (χ0n) is 16.4. The van der Waals surface area contributed by atoms with Crippen LogP contribution in [0.3, 0.4) is 0 Å². The Labute approximate surface area is 167 Å². The Hall–Kier alpha value is -1.37. The number of amides is 1. The summed E-state index contributed by atoms with van der Waals surface area (Å²) in [6, 6.07) is 3.81. The van der Waals surface area contributed by atoms with Crippen LogP contribution in [0.4, 0.5) is 5.82 Å². The Bertz CT molecular complexity index is 581. The van der Waals surface area contributed by atoms with Crippen molar-refractivity contribution in [2.24, 2.45) is 5.92 Å². The Balaban J connectivity index is 1.30. The molecule has 2 aliphatic rings. The van der Waals surface area contributed by atoms with E-state index < -0.39 is 0 Å².